The lowest BCUT2D eigenvalue weighted by atomic mass is 10.2. The molecule has 8 heteroatoms. The normalized spacial score (nSPS) is 10.9. The molecule has 0 spiro atoms. The van der Waals surface area contributed by atoms with E-state index in [1.807, 2.05) is 54.1 Å². The highest BCUT2D eigenvalue weighted by molar-refractivity contribution is 7.97. The van der Waals surface area contributed by atoms with E-state index in [1.165, 1.54) is 0 Å². The molecule has 2 heterocycles. The summed E-state index contributed by atoms with van der Waals surface area (Å²) in [6.07, 6.45) is 5.26. The van der Waals surface area contributed by atoms with Crippen LogP contribution in [-0.4, -0.2) is 31.7 Å². The molecule has 0 fully saturated rings. The molecular weight excluding hydrogens is 398 g/mol. The highest BCUT2D eigenvalue weighted by Gasteiger charge is 2.14. The molecule has 4 aromatic rings. The third-order valence-corrected chi connectivity index (χ3v) is 5.08. The number of thioether (sulfide) groups is 1. The highest BCUT2D eigenvalue weighted by Crippen LogP contribution is 2.25. The second-order valence-corrected chi connectivity index (χ2v) is 7.56. The van der Waals surface area contributed by atoms with Crippen molar-refractivity contribution in [3.8, 4) is 11.8 Å². The van der Waals surface area contributed by atoms with Crippen LogP contribution in [0.3, 0.4) is 0 Å². The van der Waals surface area contributed by atoms with E-state index in [0.29, 0.717) is 5.75 Å². The van der Waals surface area contributed by atoms with Gasteiger partial charge in [0.15, 0.2) is 0 Å². The van der Waals surface area contributed by atoms with Gasteiger partial charge in [0.2, 0.25) is 5.91 Å². The first kappa shape index (κ1) is 19.9. The summed E-state index contributed by atoms with van der Waals surface area (Å²) in [6, 6.07) is 15.3. The number of benzene rings is 2. The van der Waals surface area contributed by atoms with E-state index in [9.17, 15) is 4.79 Å². The Bertz CT molecular complexity index is 1180. The van der Waals surface area contributed by atoms with Crippen molar-refractivity contribution in [3.63, 3.8) is 0 Å². The fraction of sp³-hybridized carbons (Fsp3) is 0.182. The van der Waals surface area contributed by atoms with Crippen molar-refractivity contribution >= 4 is 34.4 Å². The highest BCUT2D eigenvalue weighted by atomic mass is 32.2. The van der Waals surface area contributed by atoms with Crippen molar-refractivity contribution in [3.05, 3.63) is 72.3 Å². The Morgan fingerprint density at radius 1 is 1.13 bits per heavy atom. The Balaban J connectivity index is 1.49. The molecule has 0 radical (unpaired) electrons. The molecule has 152 valence electrons. The van der Waals surface area contributed by atoms with Crippen LogP contribution in [0.1, 0.15) is 11.4 Å². The Morgan fingerprint density at radius 3 is 2.70 bits per heavy atom. The lowest BCUT2D eigenvalue weighted by molar-refractivity contribution is -0.116. The van der Waals surface area contributed by atoms with E-state index in [1.54, 1.807) is 36.3 Å². The van der Waals surface area contributed by atoms with Crippen LogP contribution < -0.4 is 10.1 Å². The topological polar surface area (TPSA) is 81.9 Å². The summed E-state index contributed by atoms with van der Waals surface area (Å²) in [5, 5.41) is 2.99. The summed E-state index contributed by atoms with van der Waals surface area (Å²) >= 11 is 1.68. The number of carbonyl (C=O) groups is 1. The number of amides is 1. The number of aryl methyl sites for hydroxylation is 1. The lowest BCUT2D eigenvalue weighted by Crippen LogP contribution is -2.20. The minimum atomic E-state index is -0.108. The minimum absolute atomic E-state index is 0.108. The number of para-hydroxylation sites is 2. The van der Waals surface area contributed by atoms with E-state index in [2.05, 4.69) is 20.3 Å². The number of nitrogens with zero attached hydrogens (tertiary/aromatic N) is 4. The second-order valence-electron chi connectivity index (χ2n) is 6.69. The lowest BCUT2D eigenvalue weighted by Gasteiger charge is -2.12. The molecule has 1 N–H and O–H groups in total. The summed E-state index contributed by atoms with van der Waals surface area (Å²) < 4.78 is 7.62. The van der Waals surface area contributed by atoms with Gasteiger partial charge in [0, 0.05) is 18.1 Å². The zero-order valence-electron chi connectivity index (χ0n) is 16.7. The van der Waals surface area contributed by atoms with Crippen LogP contribution in [0.15, 0.2) is 60.9 Å². The Labute approximate surface area is 178 Å². The number of fused-ring (bicyclic) bond motifs is 1. The van der Waals surface area contributed by atoms with Crippen LogP contribution in [0, 0.1) is 6.92 Å². The van der Waals surface area contributed by atoms with Crippen molar-refractivity contribution in [2.75, 3.05) is 11.6 Å². The van der Waals surface area contributed by atoms with Gasteiger partial charge in [0.25, 0.3) is 0 Å². The van der Waals surface area contributed by atoms with Crippen molar-refractivity contribution in [1.82, 2.24) is 19.5 Å². The van der Waals surface area contributed by atoms with Crippen molar-refractivity contribution in [1.29, 1.82) is 0 Å². The predicted octanol–water partition coefficient (Wildman–Crippen LogP) is 4.43. The quantitative estimate of drug-likeness (QED) is 0.477. The number of aromatic nitrogens is 4. The SMILES string of the molecule is CSCc1nc2ccccc2n1CC(=O)Nc1ccc(Oc2ncccn2)cc1C. The number of nitrogens with one attached hydrogen (secondary N) is 1. The van der Waals surface area contributed by atoms with Crippen LogP contribution in [0.4, 0.5) is 5.69 Å². The molecule has 0 aliphatic rings. The van der Waals surface area contributed by atoms with Crippen LogP contribution in [-0.2, 0) is 17.1 Å². The number of hydrogen-bond donors (Lipinski definition) is 1. The number of hydrogen-bond acceptors (Lipinski definition) is 6. The van der Waals surface area contributed by atoms with Gasteiger partial charge in [-0.2, -0.15) is 11.8 Å². The Morgan fingerprint density at radius 2 is 1.93 bits per heavy atom. The standard InChI is InChI=1S/C22H21N5O2S/c1-15-12-16(29-22-23-10-5-11-24-22)8-9-17(15)26-21(28)13-27-19-7-4-3-6-18(19)25-20(27)14-30-2/h3-12H,13-14H2,1-2H3,(H,26,28). The van der Waals surface area contributed by atoms with Crippen molar-refractivity contribution < 1.29 is 9.53 Å². The number of imidazole rings is 1. The van der Waals surface area contributed by atoms with Gasteiger partial charge in [-0.1, -0.05) is 12.1 Å². The van der Waals surface area contributed by atoms with Gasteiger partial charge < -0.3 is 14.6 Å². The maximum Gasteiger partial charge on any atom is 0.321 e. The summed E-state index contributed by atoms with van der Waals surface area (Å²) in [5.41, 5.74) is 3.48. The Kier molecular flexibility index (Phi) is 5.94. The van der Waals surface area contributed by atoms with Gasteiger partial charge in [-0.05, 0) is 55.1 Å². The number of carbonyl (C=O) groups excluding carboxylic acids is 1. The fourth-order valence-electron chi connectivity index (χ4n) is 3.16. The van der Waals surface area contributed by atoms with E-state index in [0.717, 1.165) is 33.9 Å². The zero-order chi connectivity index (χ0) is 20.9. The fourth-order valence-corrected chi connectivity index (χ4v) is 3.64. The molecule has 0 saturated carbocycles. The number of rotatable bonds is 7. The molecule has 0 saturated heterocycles. The van der Waals surface area contributed by atoms with E-state index in [-0.39, 0.29) is 18.5 Å². The third-order valence-electron chi connectivity index (χ3n) is 4.53. The van der Waals surface area contributed by atoms with E-state index >= 15 is 0 Å². The molecule has 0 aliphatic carbocycles. The van der Waals surface area contributed by atoms with Crippen molar-refractivity contribution in [2.24, 2.45) is 0 Å². The summed E-state index contributed by atoms with van der Waals surface area (Å²) in [5.74, 6) is 2.14. The van der Waals surface area contributed by atoms with Crippen molar-refractivity contribution in [2.45, 2.75) is 19.2 Å². The number of ether oxygens (including phenoxy) is 1. The molecule has 0 bridgehead atoms. The minimum Gasteiger partial charge on any atom is -0.424 e. The second kappa shape index (κ2) is 8.96. The first-order chi connectivity index (χ1) is 14.6. The molecule has 0 aliphatic heterocycles. The molecule has 30 heavy (non-hydrogen) atoms. The van der Waals surface area contributed by atoms with Gasteiger partial charge in [0.1, 0.15) is 18.1 Å². The van der Waals surface area contributed by atoms with Crippen LogP contribution in [0.25, 0.3) is 11.0 Å². The maximum atomic E-state index is 12.8. The maximum absolute atomic E-state index is 12.8. The predicted molar refractivity (Wildman–Crippen MR) is 119 cm³/mol. The van der Waals surface area contributed by atoms with Crippen LogP contribution in [0.5, 0.6) is 11.8 Å². The molecule has 2 aromatic heterocycles. The largest absolute Gasteiger partial charge is 0.424 e. The van der Waals surface area contributed by atoms with Gasteiger partial charge in [0.05, 0.1) is 16.8 Å². The van der Waals surface area contributed by atoms with Gasteiger partial charge >= 0.3 is 6.01 Å². The third kappa shape index (κ3) is 4.44. The first-order valence-electron chi connectivity index (χ1n) is 9.42. The molecule has 1 amide bonds. The summed E-state index contributed by atoms with van der Waals surface area (Å²) in [4.78, 5) is 25.6. The zero-order valence-corrected chi connectivity index (χ0v) is 17.5. The number of anilines is 1. The van der Waals surface area contributed by atoms with Gasteiger partial charge in [-0.25, -0.2) is 15.0 Å². The molecule has 0 atom stereocenters. The molecule has 2 aromatic carbocycles. The average molecular weight is 420 g/mol. The van der Waals surface area contributed by atoms with E-state index < -0.39 is 0 Å². The molecule has 4 rings (SSSR count). The van der Waals surface area contributed by atoms with Crippen LogP contribution in [0.2, 0.25) is 0 Å². The summed E-state index contributed by atoms with van der Waals surface area (Å²) in [6.45, 7) is 2.12. The first-order valence-corrected chi connectivity index (χ1v) is 10.8. The van der Waals surface area contributed by atoms with Gasteiger partial charge in [-0.15, -0.1) is 0 Å². The smallest absolute Gasteiger partial charge is 0.321 e. The van der Waals surface area contributed by atoms with E-state index in [4.69, 9.17) is 4.74 Å². The average Bonchev–Trinajstić information content (AvgIpc) is 3.08. The van der Waals surface area contributed by atoms with Gasteiger partial charge in [-0.3, -0.25) is 4.79 Å². The monoisotopic (exact) mass is 419 g/mol. The molecular formula is C22H21N5O2S. The Hall–Kier alpha value is -3.39. The molecule has 0 unspecified atom stereocenters. The van der Waals surface area contributed by atoms with Crippen LogP contribution >= 0.6 is 11.8 Å². The summed E-state index contributed by atoms with van der Waals surface area (Å²) in [7, 11) is 0. The molecule has 7 nitrogen and oxygen atoms in total.